The summed E-state index contributed by atoms with van der Waals surface area (Å²) in [6.45, 7) is 5.12. The molecule has 0 spiro atoms. The van der Waals surface area contributed by atoms with Crippen LogP contribution in [-0.2, 0) is 11.3 Å². The van der Waals surface area contributed by atoms with Gasteiger partial charge in [0.05, 0.1) is 20.3 Å². The van der Waals surface area contributed by atoms with Gasteiger partial charge < -0.3 is 19.5 Å². The van der Waals surface area contributed by atoms with Gasteiger partial charge in [-0.05, 0) is 29.6 Å². The Labute approximate surface area is 120 Å². The zero-order valence-corrected chi connectivity index (χ0v) is 12.1. The van der Waals surface area contributed by atoms with E-state index in [-0.39, 0.29) is 0 Å². The van der Waals surface area contributed by atoms with Crippen molar-refractivity contribution in [1.82, 2.24) is 4.90 Å². The SMILES string of the molecule is CCC1COCCN1Cc1cc(OC)ccc1B(O)O. The molecule has 0 bridgehead atoms. The molecule has 1 aliphatic heterocycles. The third kappa shape index (κ3) is 3.52. The molecule has 1 atom stereocenters. The number of morpholine rings is 1. The van der Waals surface area contributed by atoms with Gasteiger partial charge in [0, 0.05) is 19.1 Å². The van der Waals surface area contributed by atoms with E-state index in [1.807, 2.05) is 6.07 Å². The summed E-state index contributed by atoms with van der Waals surface area (Å²) in [5, 5.41) is 19.0. The Hall–Kier alpha value is -1.08. The first-order valence-electron chi connectivity index (χ1n) is 7.00. The molecule has 1 aromatic rings. The Morgan fingerprint density at radius 3 is 2.90 bits per heavy atom. The molecule has 0 radical (unpaired) electrons. The number of methoxy groups -OCH3 is 1. The maximum atomic E-state index is 9.49. The maximum absolute atomic E-state index is 9.49. The Bertz CT molecular complexity index is 441. The van der Waals surface area contributed by atoms with Gasteiger partial charge in [-0.25, -0.2) is 0 Å². The van der Waals surface area contributed by atoms with Crippen molar-refractivity contribution in [1.29, 1.82) is 0 Å². The van der Waals surface area contributed by atoms with Crippen molar-refractivity contribution in [2.45, 2.75) is 25.9 Å². The standard InChI is InChI=1S/C14H22BNO4/c1-3-12-10-20-7-6-16(12)9-11-8-13(19-2)4-5-14(11)15(17)18/h4-5,8,12,17-18H,3,6-7,9-10H2,1-2H3. The minimum Gasteiger partial charge on any atom is -0.497 e. The Morgan fingerprint density at radius 2 is 2.25 bits per heavy atom. The summed E-state index contributed by atoms with van der Waals surface area (Å²) in [6, 6.07) is 5.70. The average Bonchev–Trinajstić information content (AvgIpc) is 2.47. The topological polar surface area (TPSA) is 62.2 Å². The molecule has 1 saturated heterocycles. The lowest BCUT2D eigenvalue weighted by molar-refractivity contribution is -0.0126. The third-order valence-corrected chi connectivity index (χ3v) is 3.82. The number of hydrogen-bond acceptors (Lipinski definition) is 5. The third-order valence-electron chi connectivity index (χ3n) is 3.82. The highest BCUT2D eigenvalue weighted by molar-refractivity contribution is 6.59. The van der Waals surface area contributed by atoms with E-state index >= 15 is 0 Å². The number of nitrogens with zero attached hydrogens (tertiary/aromatic N) is 1. The van der Waals surface area contributed by atoms with Crippen molar-refractivity contribution in [2.75, 3.05) is 26.9 Å². The van der Waals surface area contributed by atoms with Crippen LogP contribution in [0.3, 0.4) is 0 Å². The van der Waals surface area contributed by atoms with Crippen LogP contribution < -0.4 is 10.2 Å². The molecule has 0 amide bonds. The highest BCUT2D eigenvalue weighted by atomic mass is 16.5. The van der Waals surface area contributed by atoms with Gasteiger partial charge in [0.2, 0.25) is 0 Å². The normalized spacial score (nSPS) is 19.9. The van der Waals surface area contributed by atoms with Crippen molar-refractivity contribution in [2.24, 2.45) is 0 Å². The van der Waals surface area contributed by atoms with Crippen LogP contribution in [0.25, 0.3) is 0 Å². The molecule has 1 heterocycles. The second-order valence-corrected chi connectivity index (χ2v) is 5.05. The zero-order chi connectivity index (χ0) is 14.5. The molecule has 5 nitrogen and oxygen atoms in total. The van der Waals surface area contributed by atoms with Crippen LogP contribution in [0, 0.1) is 0 Å². The molecule has 20 heavy (non-hydrogen) atoms. The average molecular weight is 279 g/mol. The molecule has 1 unspecified atom stereocenters. The molecular weight excluding hydrogens is 257 g/mol. The van der Waals surface area contributed by atoms with Crippen LogP contribution >= 0.6 is 0 Å². The molecule has 1 aromatic carbocycles. The van der Waals surface area contributed by atoms with Gasteiger partial charge in [-0.2, -0.15) is 0 Å². The summed E-state index contributed by atoms with van der Waals surface area (Å²) in [6.07, 6.45) is 1.01. The summed E-state index contributed by atoms with van der Waals surface area (Å²) in [5.74, 6) is 0.728. The number of hydrogen-bond donors (Lipinski definition) is 2. The monoisotopic (exact) mass is 279 g/mol. The highest BCUT2D eigenvalue weighted by Crippen LogP contribution is 2.17. The first-order valence-corrected chi connectivity index (χ1v) is 7.00. The second-order valence-electron chi connectivity index (χ2n) is 5.05. The lowest BCUT2D eigenvalue weighted by Gasteiger charge is -2.35. The fourth-order valence-corrected chi connectivity index (χ4v) is 2.59. The van der Waals surface area contributed by atoms with Gasteiger partial charge in [0.1, 0.15) is 5.75 Å². The van der Waals surface area contributed by atoms with Crippen LogP contribution in [0.5, 0.6) is 5.75 Å². The molecule has 1 fully saturated rings. The smallest absolute Gasteiger partial charge is 0.488 e. The van der Waals surface area contributed by atoms with E-state index in [9.17, 15) is 10.0 Å². The van der Waals surface area contributed by atoms with E-state index in [0.717, 1.165) is 37.5 Å². The van der Waals surface area contributed by atoms with Gasteiger partial charge in [-0.3, -0.25) is 4.90 Å². The summed E-state index contributed by atoms with van der Waals surface area (Å²) >= 11 is 0. The number of ether oxygens (including phenoxy) is 2. The van der Waals surface area contributed by atoms with E-state index in [2.05, 4.69) is 11.8 Å². The number of benzene rings is 1. The molecule has 1 aliphatic rings. The Balaban J connectivity index is 2.21. The summed E-state index contributed by atoms with van der Waals surface area (Å²) < 4.78 is 10.7. The Morgan fingerprint density at radius 1 is 1.45 bits per heavy atom. The van der Waals surface area contributed by atoms with Crippen LogP contribution in [-0.4, -0.2) is 55.0 Å². The molecule has 2 rings (SSSR count). The first-order chi connectivity index (χ1) is 9.65. The van der Waals surface area contributed by atoms with Gasteiger partial charge in [-0.15, -0.1) is 0 Å². The molecular formula is C14H22BNO4. The van der Waals surface area contributed by atoms with E-state index in [4.69, 9.17) is 9.47 Å². The van der Waals surface area contributed by atoms with Crippen LogP contribution in [0.15, 0.2) is 18.2 Å². The predicted molar refractivity (Wildman–Crippen MR) is 78.1 cm³/mol. The van der Waals surface area contributed by atoms with Crippen molar-refractivity contribution in [3.63, 3.8) is 0 Å². The fraction of sp³-hybridized carbons (Fsp3) is 0.571. The van der Waals surface area contributed by atoms with E-state index in [0.29, 0.717) is 18.0 Å². The molecule has 0 saturated carbocycles. The predicted octanol–water partition coefficient (Wildman–Crippen LogP) is -0.0142. The lowest BCUT2D eigenvalue weighted by Crippen LogP contribution is -2.46. The lowest BCUT2D eigenvalue weighted by atomic mass is 9.76. The van der Waals surface area contributed by atoms with E-state index in [1.165, 1.54) is 0 Å². The van der Waals surface area contributed by atoms with Gasteiger partial charge >= 0.3 is 7.12 Å². The molecule has 0 aromatic heterocycles. The maximum Gasteiger partial charge on any atom is 0.488 e. The molecule has 0 aliphatic carbocycles. The fourth-order valence-electron chi connectivity index (χ4n) is 2.59. The second kappa shape index (κ2) is 7.08. The van der Waals surface area contributed by atoms with Crippen LogP contribution in [0.2, 0.25) is 0 Å². The number of rotatable bonds is 5. The molecule has 6 heteroatoms. The van der Waals surface area contributed by atoms with Gasteiger partial charge in [0.25, 0.3) is 0 Å². The highest BCUT2D eigenvalue weighted by Gasteiger charge is 2.24. The van der Waals surface area contributed by atoms with Crippen molar-refractivity contribution >= 4 is 12.6 Å². The van der Waals surface area contributed by atoms with Crippen LogP contribution in [0.1, 0.15) is 18.9 Å². The van der Waals surface area contributed by atoms with E-state index < -0.39 is 7.12 Å². The largest absolute Gasteiger partial charge is 0.497 e. The molecule has 2 N–H and O–H groups in total. The van der Waals surface area contributed by atoms with Gasteiger partial charge in [0.15, 0.2) is 0 Å². The minimum absolute atomic E-state index is 0.374. The molecule has 110 valence electrons. The van der Waals surface area contributed by atoms with Gasteiger partial charge in [-0.1, -0.05) is 13.0 Å². The summed E-state index contributed by atoms with van der Waals surface area (Å²) in [7, 11) is 0.148. The zero-order valence-electron chi connectivity index (χ0n) is 12.1. The minimum atomic E-state index is -1.46. The Kier molecular flexibility index (Phi) is 5.42. The summed E-state index contributed by atoms with van der Waals surface area (Å²) in [4.78, 5) is 2.32. The van der Waals surface area contributed by atoms with Crippen LogP contribution in [0.4, 0.5) is 0 Å². The van der Waals surface area contributed by atoms with Crippen molar-refractivity contribution < 1.29 is 19.5 Å². The quantitative estimate of drug-likeness (QED) is 0.742. The first kappa shape index (κ1) is 15.3. The summed E-state index contributed by atoms with van der Waals surface area (Å²) in [5.41, 5.74) is 1.42. The van der Waals surface area contributed by atoms with Crippen molar-refractivity contribution in [3.05, 3.63) is 23.8 Å². The van der Waals surface area contributed by atoms with Crippen molar-refractivity contribution in [3.8, 4) is 5.75 Å². The van der Waals surface area contributed by atoms with E-state index in [1.54, 1.807) is 19.2 Å².